The zero-order chi connectivity index (χ0) is 13.8. The van der Waals surface area contributed by atoms with Crippen molar-refractivity contribution in [3.8, 4) is 0 Å². The number of carbonyl (C=O) groups is 1. The number of aromatic nitrogens is 1. The Hall–Kier alpha value is -1.46. The third-order valence-electron chi connectivity index (χ3n) is 3.62. The topological polar surface area (TPSA) is 56.7 Å². The van der Waals surface area contributed by atoms with Crippen LogP contribution in [0.4, 0.5) is 0 Å². The average molecular weight is 263 g/mol. The van der Waals surface area contributed by atoms with Gasteiger partial charge in [-0.05, 0) is 25.5 Å². The molecule has 0 aromatic carbocycles. The van der Waals surface area contributed by atoms with Gasteiger partial charge in [0.2, 0.25) is 0 Å². The Balaban J connectivity index is 1.98. The molecule has 1 aliphatic rings. The zero-order valence-corrected chi connectivity index (χ0v) is 11.5. The first-order valence-electron chi connectivity index (χ1n) is 6.71. The Morgan fingerprint density at radius 2 is 2.05 bits per heavy atom. The average Bonchev–Trinajstić information content (AvgIpc) is 2.39. The molecule has 1 N–H and O–H groups in total. The number of piperazine rings is 1. The summed E-state index contributed by atoms with van der Waals surface area (Å²) in [6.45, 7) is 9.12. The summed E-state index contributed by atoms with van der Waals surface area (Å²) in [7, 11) is 0. The Morgan fingerprint density at radius 1 is 1.37 bits per heavy atom. The van der Waals surface area contributed by atoms with Crippen molar-refractivity contribution in [2.24, 2.45) is 0 Å². The minimum Gasteiger partial charge on any atom is -0.477 e. The van der Waals surface area contributed by atoms with E-state index in [1.54, 1.807) is 6.07 Å². The van der Waals surface area contributed by atoms with Crippen LogP contribution in [0.15, 0.2) is 18.3 Å². The van der Waals surface area contributed by atoms with Crippen LogP contribution in [0.3, 0.4) is 0 Å². The molecule has 0 bridgehead atoms. The van der Waals surface area contributed by atoms with Gasteiger partial charge in [0, 0.05) is 45.0 Å². The van der Waals surface area contributed by atoms with E-state index in [2.05, 4.69) is 28.6 Å². The van der Waals surface area contributed by atoms with E-state index in [-0.39, 0.29) is 5.69 Å². The number of aromatic carboxylic acids is 1. The van der Waals surface area contributed by atoms with Gasteiger partial charge in [0.15, 0.2) is 5.69 Å². The fourth-order valence-corrected chi connectivity index (χ4v) is 2.44. The highest BCUT2D eigenvalue weighted by Crippen LogP contribution is 2.12. The van der Waals surface area contributed by atoms with E-state index in [1.165, 1.54) is 6.20 Å². The van der Waals surface area contributed by atoms with Crippen LogP contribution >= 0.6 is 0 Å². The summed E-state index contributed by atoms with van der Waals surface area (Å²) in [6.07, 6.45) is 1.53. The molecule has 1 aromatic rings. The van der Waals surface area contributed by atoms with Crippen molar-refractivity contribution >= 4 is 5.97 Å². The molecule has 1 saturated heterocycles. The van der Waals surface area contributed by atoms with E-state index in [4.69, 9.17) is 5.11 Å². The van der Waals surface area contributed by atoms with Crippen LogP contribution in [-0.4, -0.2) is 58.1 Å². The Labute approximate surface area is 113 Å². The third-order valence-corrected chi connectivity index (χ3v) is 3.62. The second-order valence-electron chi connectivity index (χ2n) is 5.22. The van der Waals surface area contributed by atoms with E-state index in [0.717, 1.165) is 31.7 Å². The molecule has 1 fully saturated rings. The highest BCUT2D eigenvalue weighted by molar-refractivity contribution is 5.86. The molecule has 0 amide bonds. The molecule has 0 radical (unpaired) electrons. The van der Waals surface area contributed by atoms with Gasteiger partial charge in [0.05, 0.1) is 0 Å². The van der Waals surface area contributed by atoms with Gasteiger partial charge in [0.1, 0.15) is 0 Å². The molecule has 2 heterocycles. The van der Waals surface area contributed by atoms with Gasteiger partial charge in [-0.2, -0.15) is 0 Å². The van der Waals surface area contributed by atoms with Gasteiger partial charge in [0.25, 0.3) is 0 Å². The summed E-state index contributed by atoms with van der Waals surface area (Å²) in [6, 6.07) is 4.23. The van der Waals surface area contributed by atoms with Crippen molar-refractivity contribution in [2.45, 2.75) is 26.4 Å². The summed E-state index contributed by atoms with van der Waals surface area (Å²) in [5.74, 6) is -0.948. The summed E-state index contributed by atoms with van der Waals surface area (Å²) in [5.41, 5.74) is 0.974. The zero-order valence-electron chi connectivity index (χ0n) is 11.5. The molecule has 0 spiro atoms. The minimum atomic E-state index is -0.948. The number of carboxylic acids is 1. The van der Waals surface area contributed by atoms with Gasteiger partial charge in [-0.3, -0.25) is 9.80 Å². The molecule has 0 saturated carbocycles. The predicted octanol–water partition coefficient (Wildman–Crippen LogP) is 1.31. The minimum absolute atomic E-state index is 0.175. The van der Waals surface area contributed by atoms with Crippen molar-refractivity contribution in [3.63, 3.8) is 0 Å². The van der Waals surface area contributed by atoms with Gasteiger partial charge >= 0.3 is 5.97 Å². The maximum absolute atomic E-state index is 11.1. The molecular weight excluding hydrogens is 242 g/mol. The number of pyridine rings is 1. The summed E-state index contributed by atoms with van der Waals surface area (Å²) >= 11 is 0. The lowest BCUT2D eigenvalue weighted by Gasteiger charge is -2.37. The fourth-order valence-electron chi connectivity index (χ4n) is 2.44. The predicted molar refractivity (Wildman–Crippen MR) is 73.2 cm³/mol. The molecule has 1 aliphatic heterocycles. The Morgan fingerprint density at radius 3 is 2.63 bits per heavy atom. The number of hydrogen-bond acceptors (Lipinski definition) is 4. The highest BCUT2D eigenvalue weighted by atomic mass is 16.4. The maximum Gasteiger partial charge on any atom is 0.354 e. The monoisotopic (exact) mass is 263 g/mol. The van der Waals surface area contributed by atoms with E-state index in [0.29, 0.717) is 12.6 Å². The number of nitrogens with zero attached hydrogens (tertiary/aromatic N) is 3. The van der Waals surface area contributed by atoms with Crippen molar-refractivity contribution in [1.82, 2.24) is 14.8 Å². The third kappa shape index (κ3) is 3.52. The van der Waals surface area contributed by atoms with E-state index in [9.17, 15) is 4.79 Å². The van der Waals surface area contributed by atoms with Crippen molar-refractivity contribution in [1.29, 1.82) is 0 Å². The van der Waals surface area contributed by atoms with Gasteiger partial charge in [-0.15, -0.1) is 0 Å². The molecule has 19 heavy (non-hydrogen) atoms. The molecular formula is C14H21N3O2. The molecule has 5 nitrogen and oxygen atoms in total. The van der Waals surface area contributed by atoms with Crippen molar-refractivity contribution in [2.75, 3.05) is 26.2 Å². The van der Waals surface area contributed by atoms with Crippen molar-refractivity contribution in [3.05, 3.63) is 29.6 Å². The van der Waals surface area contributed by atoms with Crippen LogP contribution in [0.5, 0.6) is 0 Å². The fraction of sp³-hybridized carbons (Fsp3) is 0.571. The number of hydrogen-bond donors (Lipinski definition) is 1. The summed E-state index contributed by atoms with van der Waals surface area (Å²) in [4.78, 5) is 19.8. The second kappa shape index (κ2) is 6.12. The lowest BCUT2D eigenvalue weighted by Crippen LogP contribution is -2.48. The molecule has 0 unspecified atom stereocenters. The SMILES string of the molecule is CC(C)N1CCN(Cc2cccnc2C(=O)O)CC1. The molecule has 0 aliphatic carbocycles. The van der Waals surface area contributed by atoms with Crippen LogP contribution in [0.25, 0.3) is 0 Å². The number of rotatable bonds is 4. The Kier molecular flexibility index (Phi) is 4.50. The first-order chi connectivity index (χ1) is 9.08. The van der Waals surface area contributed by atoms with Crippen LogP contribution in [0.2, 0.25) is 0 Å². The van der Waals surface area contributed by atoms with Gasteiger partial charge in [-0.1, -0.05) is 6.07 Å². The van der Waals surface area contributed by atoms with Crippen LogP contribution in [0.1, 0.15) is 29.9 Å². The first kappa shape index (κ1) is 14.0. The second-order valence-corrected chi connectivity index (χ2v) is 5.22. The quantitative estimate of drug-likeness (QED) is 0.887. The van der Waals surface area contributed by atoms with Crippen LogP contribution < -0.4 is 0 Å². The van der Waals surface area contributed by atoms with E-state index >= 15 is 0 Å². The summed E-state index contributed by atoms with van der Waals surface area (Å²) in [5, 5.41) is 9.12. The smallest absolute Gasteiger partial charge is 0.354 e. The van der Waals surface area contributed by atoms with Gasteiger partial charge in [-0.25, -0.2) is 9.78 Å². The van der Waals surface area contributed by atoms with Gasteiger partial charge < -0.3 is 5.11 Å². The molecule has 1 aromatic heterocycles. The maximum atomic E-state index is 11.1. The largest absolute Gasteiger partial charge is 0.477 e. The first-order valence-corrected chi connectivity index (χ1v) is 6.71. The molecule has 5 heteroatoms. The van der Waals surface area contributed by atoms with E-state index < -0.39 is 5.97 Å². The summed E-state index contributed by atoms with van der Waals surface area (Å²) < 4.78 is 0. The molecule has 2 rings (SSSR count). The lowest BCUT2D eigenvalue weighted by atomic mass is 10.1. The van der Waals surface area contributed by atoms with Crippen molar-refractivity contribution < 1.29 is 9.90 Å². The van der Waals surface area contributed by atoms with E-state index in [1.807, 2.05) is 6.07 Å². The normalized spacial score (nSPS) is 17.8. The molecule has 0 atom stereocenters. The lowest BCUT2D eigenvalue weighted by molar-refractivity contribution is 0.0685. The highest BCUT2D eigenvalue weighted by Gasteiger charge is 2.20. The molecule has 104 valence electrons. The van der Waals surface area contributed by atoms with Crippen LogP contribution in [0, 0.1) is 0 Å². The standard InChI is InChI=1S/C14H21N3O2/c1-11(2)17-8-6-16(7-9-17)10-12-4-3-5-15-13(12)14(18)19/h3-5,11H,6-10H2,1-2H3,(H,18,19). The van der Waals surface area contributed by atoms with Crippen LogP contribution in [-0.2, 0) is 6.54 Å². The number of carboxylic acid groups (broad SMARTS) is 1. The Bertz CT molecular complexity index is 440.